The number of fused-ring (bicyclic) bond motifs is 1. The maximum Gasteiger partial charge on any atom is 0.375 e. The summed E-state index contributed by atoms with van der Waals surface area (Å²) in [6, 6.07) is 10.9. The molecule has 0 unspecified atom stereocenters. The molecule has 0 spiro atoms. The molecule has 1 N–H and O–H groups in total. The zero-order chi connectivity index (χ0) is 18.0. The lowest BCUT2D eigenvalue weighted by Crippen LogP contribution is -2.21. The van der Waals surface area contributed by atoms with Crippen molar-refractivity contribution in [1.82, 2.24) is 0 Å². The average Bonchev–Trinajstić information content (AvgIpc) is 2.93. The molecule has 3 rings (SSSR count). The monoisotopic (exact) mass is 361 g/mol. The number of carbonyl (C=O) groups is 2. The third-order valence-electron chi connectivity index (χ3n) is 3.57. The SMILES string of the molecule is Cc1c(C(=O)OCC(=O)Nc2ccc(F)c(Cl)c2)oc2ccccc12. The first-order valence-electron chi connectivity index (χ1n) is 7.36. The fourth-order valence-electron chi connectivity index (χ4n) is 2.34. The molecule has 3 aromatic rings. The number of aryl methyl sites for hydroxylation is 1. The number of hydrogen-bond donors (Lipinski definition) is 1. The molecule has 1 aromatic heterocycles. The molecule has 0 radical (unpaired) electrons. The molecule has 1 amide bonds. The fraction of sp³-hybridized carbons (Fsp3) is 0.111. The predicted molar refractivity (Wildman–Crippen MR) is 91.3 cm³/mol. The van der Waals surface area contributed by atoms with Gasteiger partial charge in [0.1, 0.15) is 11.4 Å². The third kappa shape index (κ3) is 3.64. The number of furan rings is 1. The van der Waals surface area contributed by atoms with Crippen LogP contribution in [0.25, 0.3) is 11.0 Å². The number of rotatable bonds is 4. The normalized spacial score (nSPS) is 10.7. The molecule has 0 saturated heterocycles. The number of amides is 1. The minimum atomic E-state index is -0.735. The van der Waals surface area contributed by atoms with Crippen molar-refractivity contribution in [1.29, 1.82) is 0 Å². The van der Waals surface area contributed by atoms with E-state index in [1.165, 1.54) is 12.1 Å². The third-order valence-corrected chi connectivity index (χ3v) is 3.86. The van der Waals surface area contributed by atoms with Crippen molar-refractivity contribution in [2.45, 2.75) is 6.92 Å². The van der Waals surface area contributed by atoms with Gasteiger partial charge in [-0.3, -0.25) is 4.79 Å². The smallest absolute Gasteiger partial charge is 0.375 e. The van der Waals surface area contributed by atoms with Crippen LogP contribution in [0.3, 0.4) is 0 Å². The number of ether oxygens (including phenoxy) is 1. The second-order valence-corrected chi connectivity index (χ2v) is 5.71. The number of nitrogens with one attached hydrogen (secondary N) is 1. The van der Waals surface area contributed by atoms with Crippen molar-refractivity contribution in [2.75, 3.05) is 11.9 Å². The van der Waals surface area contributed by atoms with Gasteiger partial charge >= 0.3 is 5.97 Å². The lowest BCUT2D eigenvalue weighted by molar-refractivity contribution is -0.119. The first-order valence-corrected chi connectivity index (χ1v) is 7.73. The standard InChI is InChI=1S/C18H13ClFNO4/c1-10-12-4-2-3-5-15(12)25-17(10)18(23)24-9-16(22)21-11-6-7-14(20)13(19)8-11/h2-8H,9H2,1H3,(H,21,22). The van der Waals surface area contributed by atoms with Crippen LogP contribution >= 0.6 is 11.6 Å². The first kappa shape index (κ1) is 17.0. The van der Waals surface area contributed by atoms with Crippen LogP contribution in [0.5, 0.6) is 0 Å². The van der Waals surface area contributed by atoms with Gasteiger partial charge in [-0.05, 0) is 31.2 Å². The van der Waals surface area contributed by atoms with Gasteiger partial charge in [-0.15, -0.1) is 0 Å². The zero-order valence-corrected chi connectivity index (χ0v) is 13.9. The summed E-state index contributed by atoms with van der Waals surface area (Å²) in [5.74, 6) is -1.85. The Balaban J connectivity index is 1.64. The van der Waals surface area contributed by atoms with Crippen LogP contribution in [0, 0.1) is 12.7 Å². The van der Waals surface area contributed by atoms with Crippen LogP contribution in [0.1, 0.15) is 16.1 Å². The Morgan fingerprint density at radius 1 is 1.24 bits per heavy atom. The highest BCUT2D eigenvalue weighted by Crippen LogP contribution is 2.25. The molecule has 0 fully saturated rings. The molecule has 25 heavy (non-hydrogen) atoms. The number of para-hydroxylation sites is 1. The Morgan fingerprint density at radius 2 is 2.00 bits per heavy atom. The summed E-state index contributed by atoms with van der Waals surface area (Å²) in [6.07, 6.45) is 0. The molecule has 0 atom stereocenters. The van der Waals surface area contributed by atoms with Gasteiger partial charge in [-0.2, -0.15) is 0 Å². The van der Waals surface area contributed by atoms with Gasteiger partial charge in [0, 0.05) is 16.6 Å². The Labute approximate surface area is 147 Å². The van der Waals surface area contributed by atoms with Gasteiger partial charge in [0.05, 0.1) is 5.02 Å². The summed E-state index contributed by atoms with van der Waals surface area (Å²) in [4.78, 5) is 24.0. The summed E-state index contributed by atoms with van der Waals surface area (Å²) >= 11 is 5.64. The highest BCUT2D eigenvalue weighted by molar-refractivity contribution is 6.31. The van der Waals surface area contributed by atoms with Crippen LogP contribution in [0.2, 0.25) is 5.02 Å². The number of benzene rings is 2. The Hall–Kier alpha value is -2.86. The van der Waals surface area contributed by atoms with E-state index in [-0.39, 0.29) is 10.8 Å². The molecule has 0 saturated carbocycles. The van der Waals surface area contributed by atoms with Crippen LogP contribution in [-0.4, -0.2) is 18.5 Å². The van der Waals surface area contributed by atoms with Crippen molar-refractivity contribution in [3.8, 4) is 0 Å². The van der Waals surface area contributed by atoms with Crippen molar-refractivity contribution >= 4 is 40.1 Å². The Bertz CT molecular complexity index is 967. The van der Waals surface area contributed by atoms with E-state index in [2.05, 4.69) is 5.32 Å². The lowest BCUT2D eigenvalue weighted by Gasteiger charge is -2.06. The minimum Gasteiger partial charge on any atom is -0.450 e. The van der Waals surface area contributed by atoms with Gasteiger partial charge in [-0.25, -0.2) is 9.18 Å². The maximum atomic E-state index is 13.1. The molecule has 0 aliphatic heterocycles. The molecular weight excluding hydrogens is 349 g/mol. The van der Waals surface area contributed by atoms with E-state index in [1.807, 2.05) is 12.1 Å². The topological polar surface area (TPSA) is 68.5 Å². The van der Waals surface area contributed by atoms with Crippen molar-refractivity contribution in [2.24, 2.45) is 0 Å². The molecule has 1 heterocycles. The van der Waals surface area contributed by atoms with Gasteiger partial charge in [0.15, 0.2) is 6.61 Å². The molecule has 0 aliphatic carbocycles. The summed E-state index contributed by atoms with van der Waals surface area (Å²) in [7, 11) is 0. The van der Waals surface area contributed by atoms with E-state index < -0.39 is 24.3 Å². The number of carbonyl (C=O) groups excluding carboxylic acids is 2. The molecular formula is C18H13ClFNO4. The Kier molecular flexibility index (Phi) is 4.72. The second-order valence-electron chi connectivity index (χ2n) is 5.31. The Morgan fingerprint density at radius 3 is 2.72 bits per heavy atom. The summed E-state index contributed by atoms with van der Waals surface area (Å²) in [6.45, 7) is 1.23. The number of anilines is 1. The minimum absolute atomic E-state index is 0.0545. The van der Waals surface area contributed by atoms with E-state index in [1.54, 1.807) is 19.1 Å². The van der Waals surface area contributed by atoms with Gasteiger partial charge in [0.2, 0.25) is 5.76 Å². The molecule has 128 valence electrons. The average molecular weight is 362 g/mol. The van der Waals surface area contributed by atoms with Crippen molar-refractivity contribution in [3.63, 3.8) is 0 Å². The summed E-state index contributed by atoms with van der Waals surface area (Å²) in [5.41, 5.74) is 1.51. The molecule has 7 heteroatoms. The van der Waals surface area contributed by atoms with Gasteiger partial charge in [-0.1, -0.05) is 29.8 Å². The number of hydrogen-bond acceptors (Lipinski definition) is 4. The molecule has 5 nitrogen and oxygen atoms in total. The largest absolute Gasteiger partial charge is 0.450 e. The van der Waals surface area contributed by atoms with Crippen LogP contribution in [-0.2, 0) is 9.53 Å². The van der Waals surface area contributed by atoms with E-state index in [4.69, 9.17) is 20.8 Å². The zero-order valence-electron chi connectivity index (χ0n) is 13.1. The summed E-state index contributed by atoms with van der Waals surface area (Å²) in [5, 5.41) is 3.15. The van der Waals surface area contributed by atoms with E-state index in [0.29, 0.717) is 16.8 Å². The number of esters is 1. The molecule has 0 aliphatic rings. The lowest BCUT2D eigenvalue weighted by atomic mass is 10.1. The van der Waals surface area contributed by atoms with Gasteiger partial charge in [0.25, 0.3) is 5.91 Å². The van der Waals surface area contributed by atoms with Crippen molar-refractivity contribution < 1.29 is 23.1 Å². The van der Waals surface area contributed by atoms with Crippen LogP contribution < -0.4 is 5.32 Å². The first-order chi connectivity index (χ1) is 12.0. The molecule has 2 aromatic carbocycles. The highest BCUT2D eigenvalue weighted by Gasteiger charge is 2.19. The van der Waals surface area contributed by atoms with Crippen LogP contribution in [0.4, 0.5) is 10.1 Å². The maximum absolute atomic E-state index is 13.1. The van der Waals surface area contributed by atoms with E-state index in [9.17, 15) is 14.0 Å². The predicted octanol–water partition coefficient (Wildman–Crippen LogP) is 4.33. The summed E-state index contributed by atoms with van der Waals surface area (Å²) < 4.78 is 23.5. The molecule has 0 bridgehead atoms. The van der Waals surface area contributed by atoms with E-state index >= 15 is 0 Å². The second kappa shape index (κ2) is 6.94. The quantitative estimate of drug-likeness (QED) is 0.702. The van der Waals surface area contributed by atoms with E-state index in [0.717, 1.165) is 11.5 Å². The van der Waals surface area contributed by atoms with Gasteiger partial charge < -0.3 is 14.5 Å². The van der Waals surface area contributed by atoms with Crippen LogP contribution in [0.15, 0.2) is 46.9 Å². The number of halogens is 2. The fourth-order valence-corrected chi connectivity index (χ4v) is 2.52. The highest BCUT2D eigenvalue weighted by atomic mass is 35.5. The van der Waals surface area contributed by atoms with Crippen molar-refractivity contribution in [3.05, 3.63) is 64.6 Å².